The lowest BCUT2D eigenvalue weighted by Crippen LogP contribution is -2.10. The van der Waals surface area contributed by atoms with Gasteiger partial charge in [-0.2, -0.15) is 0 Å². The van der Waals surface area contributed by atoms with E-state index in [9.17, 15) is 9.59 Å². The zero-order chi connectivity index (χ0) is 16.7. The number of carbonyl (C=O) groups is 2. The van der Waals surface area contributed by atoms with Gasteiger partial charge in [-0.1, -0.05) is 42.2 Å². The Labute approximate surface area is 142 Å². The van der Waals surface area contributed by atoms with Crippen molar-refractivity contribution in [3.8, 4) is 5.75 Å². The Morgan fingerprint density at radius 2 is 2.17 bits per heavy atom. The van der Waals surface area contributed by atoms with Gasteiger partial charge in [-0.05, 0) is 18.6 Å². The fraction of sp³-hybridized carbons (Fsp3) is 0.333. The molecule has 0 unspecified atom stereocenters. The van der Waals surface area contributed by atoms with Crippen molar-refractivity contribution in [1.82, 2.24) is 10.2 Å². The Bertz CT molecular complexity index is 688. The first-order chi connectivity index (χ1) is 11.1. The summed E-state index contributed by atoms with van der Waals surface area (Å²) >= 11 is 2.57. The van der Waals surface area contributed by atoms with E-state index in [4.69, 9.17) is 4.74 Å². The number of hydrogen-bond donors (Lipinski definition) is 1. The summed E-state index contributed by atoms with van der Waals surface area (Å²) < 4.78 is 5.75. The summed E-state index contributed by atoms with van der Waals surface area (Å²) in [4.78, 5) is 23.7. The molecule has 122 valence electrons. The van der Waals surface area contributed by atoms with Crippen LogP contribution in [0.25, 0.3) is 0 Å². The highest BCUT2D eigenvalue weighted by atomic mass is 32.2. The lowest BCUT2D eigenvalue weighted by atomic mass is 10.1. The number of hydrogen-bond acceptors (Lipinski definition) is 7. The molecule has 2 aromatic rings. The molecule has 0 aliphatic heterocycles. The number of benzene rings is 1. The summed E-state index contributed by atoms with van der Waals surface area (Å²) in [5, 5.41) is 11.0. The number of rotatable bonds is 8. The summed E-state index contributed by atoms with van der Waals surface area (Å²) in [5.74, 6) is 0.816. The average molecular weight is 351 g/mol. The summed E-state index contributed by atoms with van der Waals surface area (Å²) in [7, 11) is 1.56. The number of thioether (sulfide) groups is 1. The molecule has 0 radical (unpaired) electrons. The van der Waals surface area contributed by atoms with E-state index in [1.807, 2.05) is 6.92 Å². The quantitative estimate of drug-likeness (QED) is 0.447. The van der Waals surface area contributed by atoms with Gasteiger partial charge in [-0.25, -0.2) is 0 Å². The molecule has 0 atom stereocenters. The highest BCUT2D eigenvalue weighted by Crippen LogP contribution is 2.26. The van der Waals surface area contributed by atoms with Crippen LogP contribution < -0.4 is 10.1 Å². The van der Waals surface area contributed by atoms with Crippen molar-refractivity contribution in [2.45, 2.75) is 24.1 Å². The van der Waals surface area contributed by atoms with E-state index in [-0.39, 0.29) is 17.4 Å². The number of nitrogens with one attached hydrogen (secondary N) is 1. The van der Waals surface area contributed by atoms with E-state index in [1.165, 1.54) is 23.1 Å². The second-order valence-corrected chi connectivity index (χ2v) is 6.82. The van der Waals surface area contributed by atoms with Crippen molar-refractivity contribution in [3.63, 3.8) is 0 Å². The van der Waals surface area contributed by atoms with Gasteiger partial charge < -0.3 is 10.1 Å². The van der Waals surface area contributed by atoms with Crippen LogP contribution in [-0.4, -0.2) is 34.8 Å². The largest absolute Gasteiger partial charge is 0.497 e. The Hall–Kier alpha value is -1.93. The van der Waals surface area contributed by atoms with Crippen LogP contribution in [0, 0.1) is 0 Å². The van der Waals surface area contributed by atoms with Gasteiger partial charge in [0.05, 0.1) is 12.9 Å². The molecule has 1 heterocycles. The molecule has 1 N–H and O–H groups in total. The molecule has 1 aromatic heterocycles. The third-order valence-corrected chi connectivity index (χ3v) is 4.82. The van der Waals surface area contributed by atoms with Crippen LogP contribution in [0.4, 0.5) is 5.13 Å². The number of methoxy groups -OCH3 is 1. The highest BCUT2D eigenvalue weighted by Gasteiger charge is 2.12. The van der Waals surface area contributed by atoms with Crippen molar-refractivity contribution in [2.24, 2.45) is 0 Å². The van der Waals surface area contributed by atoms with Crippen molar-refractivity contribution >= 4 is 39.9 Å². The number of aromatic nitrogens is 2. The lowest BCUT2D eigenvalue weighted by molar-refractivity contribution is -0.116. The predicted molar refractivity (Wildman–Crippen MR) is 91.5 cm³/mol. The number of ether oxygens (including phenoxy) is 1. The SMILES string of the molecule is CCCC(=O)Nc1nnc(SCC(=O)c2cccc(OC)c2)s1. The van der Waals surface area contributed by atoms with E-state index >= 15 is 0 Å². The fourth-order valence-electron chi connectivity index (χ4n) is 1.73. The van der Waals surface area contributed by atoms with Gasteiger partial charge in [0.2, 0.25) is 11.0 Å². The smallest absolute Gasteiger partial charge is 0.226 e. The zero-order valence-electron chi connectivity index (χ0n) is 12.9. The second kappa shape index (κ2) is 8.64. The number of Topliss-reactive ketones (excluding diaryl/α,β-unsaturated/α-hetero) is 1. The first-order valence-corrected chi connectivity index (χ1v) is 8.86. The molecule has 1 aromatic carbocycles. The van der Waals surface area contributed by atoms with Gasteiger partial charge in [-0.15, -0.1) is 10.2 Å². The van der Waals surface area contributed by atoms with Crippen LogP contribution in [0.2, 0.25) is 0 Å². The molecule has 0 fully saturated rings. The molecule has 0 saturated heterocycles. The van der Waals surface area contributed by atoms with Crippen molar-refractivity contribution < 1.29 is 14.3 Å². The minimum Gasteiger partial charge on any atom is -0.497 e. The van der Waals surface area contributed by atoms with E-state index in [2.05, 4.69) is 15.5 Å². The van der Waals surface area contributed by atoms with Gasteiger partial charge in [0.15, 0.2) is 10.1 Å². The maximum Gasteiger partial charge on any atom is 0.226 e. The molecule has 23 heavy (non-hydrogen) atoms. The normalized spacial score (nSPS) is 10.3. The van der Waals surface area contributed by atoms with Gasteiger partial charge in [0.1, 0.15) is 5.75 Å². The van der Waals surface area contributed by atoms with Crippen LogP contribution in [0.5, 0.6) is 5.75 Å². The number of amides is 1. The van der Waals surface area contributed by atoms with E-state index in [1.54, 1.807) is 31.4 Å². The van der Waals surface area contributed by atoms with Crippen LogP contribution >= 0.6 is 23.1 Å². The summed E-state index contributed by atoms with van der Waals surface area (Å²) in [6, 6.07) is 7.03. The molecular weight excluding hydrogens is 334 g/mol. The monoisotopic (exact) mass is 351 g/mol. The first-order valence-electron chi connectivity index (χ1n) is 7.05. The standard InChI is InChI=1S/C15H17N3O3S2/c1-3-5-13(20)16-14-17-18-15(23-14)22-9-12(19)10-6-4-7-11(8-10)21-2/h4,6-8H,3,5,9H2,1-2H3,(H,16,17,20). The van der Waals surface area contributed by atoms with E-state index in [0.717, 1.165) is 6.42 Å². The van der Waals surface area contributed by atoms with Crippen molar-refractivity contribution in [3.05, 3.63) is 29.8 Å². The molecule has 0 aliphatic rings. The number of carbonyl (C=O) groups excluding carboxylic acids is 2. The molecule has 0 bridgehead atoms. The molecule has 0 aliphatic carbocycles. The van der Waals surface area contributed by atoms with E-state index in [0.29, 0.717) is 27.2 Å². The number of ketones is 1. The topological polar surface area (TPSA) is 81.2 Å². The average Bonchev–Trinajstić information content (AvgIpc) is 3.00. The van der Waals surface area contributed by atoms with Gasteiger partial charge >= 0.3 is 0 Å². The Morgan fingerprint density at radius 3 is 2.91 bits per heavy atom. The van der Waals surface area contributed by atoms with Crippen LogP contribution in [0.3, 0.4) is 0 Å². The molecule has 1 amide bonds. The Kier molecular flexibility index (Phi) is 6.54. The third kappa shape index (κ3) is 5.33. The first kappa shape index (κ1) is 17.4. The zero-order valence-corrected chi connectivity index (χ0v) is 14.5. The predicted octanol–water partition coefficient (Wildman–Crippen LogP) is 3.26. The number of anilines is 1. The van der Waals surface area contributed by atoms with E-state index < -0.39 is 0 Å². The minimum absolute atomic E-state index is 0.0133. The molecule has 2 rings (SSSR count). The molecule has 8 heteroatoms. The maximum atomic E-state index is 12.2. The fourth-order valence-corrected chi connectivity index (χ4v) is 3.40. The lowest BCUT2D eigenvalue weighted by Gasteiger charge is -2.02. The van der Waals surface area contributed by atoms with Crippen molar-refractivity contribution in [2.75, 3.05) is 18.2 Å². The summed E-state index contributed by atoms with van der Waals surface area (Å²) in [6.07, 6.45) is 1.23. The second-order valence-electron chi connectivity index (χ2n) is 4.62. The third-order valence-electron chi connectivity index (χ3n) is 2.85. The molecule has 0 spiro atoms. The van der Waals surface area contributed by atoms with Crippen LogP contribution in [0.1, 0.15) is 30.1 Å². The van der Waals surface area contributed by atoms with Gasteiger partial charge in [0.25, 0.3) is 0 Å². The van der Waals surface area contributed by atoms with Crippen LogP contribution in [-0.2, 0) is 4.79 Å². The van der Waals surface area contributed by atoms with Crippen molar-refractivity contribution in [1.29, 1.82) is 0 Å². The Morgan fingerprint density at radius 1 is 1.35 bits per heavy atom. The Balaban J connectivity index is 1.89. The highest BCUT2D eigenvalue weighted by molar-refractivity contribution is 8.01. The maximum absolute atomic E-state index is 12.2. The molecule has 0 saturated carbocycles. The molecular formula is C15H17N3O3S2. The van der Waals surface area contributed by atoms with Gasteiger partial charge in [-0.3, -0.25) is 9.59 Å². The van der Waals surface area contributed by atoms with Gasteiger partial charge in [0, 0.05) is 12.0 Å². The molecule has 6 nitrogen and oxygen atoms in total. The minimum atomic E-state index is -0.0762. The number of nitrogens with zero attached hydrogens (tertiary/aromatic N) is 2. The summed E-state index contributed by atoms with van der Waals surface area (Å²) in [5.41, 5.74) is 0.595. The van der Waals surface area contributed by atoms with Crippen LogP contribution in [0.15, 0.2) is 28.6 Å². The summed E-state index contributed by atoms with van der Waals surface area (Å²) in [6.45, 7) is 1.94.